The Bertz CT molecular complexity index is 511. The molecule has 0 unspecified atom stereocenters. The molecular weight excluding hydrogens is 256 g/mol. The molecule has 1 nitrogen and oxygen atoms in total. The van der Waals surface area contributed by atoms with E-state index in [1.54, 1.807) is 0 Å². The molecule has 0 atom stereocenters. The van der Waals surface area contributed by atoms with E-state index in [0.717, 1.165) is 17.8 Å². The van der Waals surface area contributed by atoms with Gasteiger partial charge in [0.25, 0.3) is 0 Å². The van der Waals surface area contributed by atoms with Crippen LogP contribution in [0.1, 0.15) is 68.4 Å². The molecular formula is C20H26O. The lowest BCUT2D eigenvalue weighted by Gasteiger charge is -2.59. The quantitative estimate of drug-likeness (QED) is 0.840. The van der Waals surface area contributed by atoms with Crippen LogP contribution in [-0.4, -0.2) is 5.11 Å². The van der Waals surface area contributed by atoms with Gasteiger partial charge in [0.2, 0.25) is 0 Å². The van der Waals surface area contributed by atoms with Gasteiger partial charge in [-0.25, -0.2) is 0 Å². The van der Waals surface area contributed by atoms with Crippen molar-refractivity contribution in [1.29, 1.82) is 0 Å². The van der Waals surface area contributed by atoms with Gasteiger partial charge in [-0.1, -0.05) is 30.7 Å². The van der Waals surface area contributed by atoms with E-state index in [1.807, 2.05) is 0 Å². The van der Waals surface area contributed by atoms with Crippen LogP contribution in [0.3, 0.4) is 0 Å². The Labute approximate surface area is 127 Å². The highest BCUT2D eigenvalue weighted by molar-refractivity contribution is 5.32. The Kier molecular flexibility index (Phi) is 2.63. The molecule has 1 aromatic carbocycles. The van der Waals surface area contributed by atoms with Crippen LogP contribution in [0.15, 0.2) is 24.3 Å². The van der Waals surface area contributed by atoms with Crippen LogP contribution in [0.2, 0.25) is 0 Å². The van der Waals surface area contributed by atoms with Gasteiger partial charge in [-0.05, 0) is 85.7 Å². The first-order valence-corrected chi connectivity index (χ1v) is 9.06. The fraction of sp³-hybridized carbons (Fsp3) is 0.700. The van der Waals surface area contributed by atoms with Crippen LogP contribution in [0.4, 0.5) is 0 Å². The van der Waals surface area contributed by atoms with Crippen LogP contribution in [0.5, 0.6) is 0 Å². The summed E-state index contributed by atoms with van der Waals surface area (Å²) in [6.45, 7) is 0. The van der Waals surface area contributed by atoms with Crippen molar-refractivity contribution in [2.24, 2.45) is 23.7 Å². The third-order valence-electron chi connectivity index (χ3n) is 7.33. The van der Waals surface area contributed by atoms with Crippen molar-refractivity contribution in [3.05, 3.63) is 35.4 Å². The van der Waals surface area contributed by atoms with E-state index in [9.17, 15) is 5.11 Å². The number of benzene rings is 1. The van der Waals surface area contributed by atoms with Gasteiger partial charge >= 0.3 is 0 Å². The van der Waals surface area contributed by atoms with E-state index < -0.39 is 5.60 Å². The van der Waals surface area contributed by atoms with Crippen molar-refractivity contribution in [2.45, 2.75) is 62.9 Å². The largest absolute Gasteiger partial charge is 0.385 e. The van der Waals surface area contributed by atoms with Crippen LogP contribution in [-0.2, 0) is 5.60 Å². The Morgan fingerprint density at radius 1 is 0.810 bits per heavy atom. The summed E-state index contributed by atoms with van der Waals surface area (Å²) >= 11 is 0. The topological polar surface area (TPSA) is 20.2 Å². The Hall–Kier alpha value is -0.820. The summed E-state index contributed by atoms with van der Waals surface area (Å²) in [6, 6.07) is 9.14. The van der Waals surface area contributed by atoms with Gasteiger partial charge in [-0.2, -0.15) is 0 Å². The van der Waals surface area contributed by atoms with Crippen molar-refractivity contribution < 1.29 is 5.11 Å². The predicted octanol–water partition coefficient (Wildman–Crippen LogP) is 4.60. The molecule has 1 heteroatoms. The molecule has 112 valence electrons. The van der Waals surface area contributed by atoms with Crippen molar-refractivity contribution in [2.75, 3.05) is 0 Å². The smallest absolute Gasteiger partial charge is 0.0952 e. The molecule has 0 radical (unpaired) electrons. The molecule has 4 bridgehead atoms. The summed E-state index contributed by atoms with van der Waals surface area (Å²) in [5.74, 6) is 3.70. The summed E-state index contributed by atoms with van der Waals surface area (Å²) in [4.78, 5) is 0. The van der Waals surface area contributed by atoms with Gasteiger partial charge in [-0.15, -0.1) is 0 Å². The summed E-state index contributed by atoms with van der Waals surface area (Å²) in [5.41, 5.74) is 2.21. The zero-order valence-corrected chi connectivity index (χ0v) is 12.8. The van der Waals surface area contributed by atoms with E-state index in [2.05, 4.69) is 24.3 Å². The van der Waals surface area contributed by atoms with E-state index in [0.29, 0.717) is 11.8 Å². The Balaban J connectivity index is 1.48. The first-order chi connectivity index (χ1) is 10.2. The van der Waals surface area contributed by atoms with Crippen LogP contribution >= 0.6 is 0 Å². The molecule has 0 spiro atoms. The van der Waals surface area contributed by atoms with Crippen LogP contribution in [0.25, 0.3) is 0 Å². The van der Waals surface area contributed by atoms with E-state index in [-0.39, 0.29) is 0 Å². The van der Waals surface area contributed by atoms with E-state index in [1.165, 1.54) is 62.5 Å². The summed E-state index contributed by atoms with van der Waals surface area (Å²) < 4.78 is 0. The molecule has 0 aliphatic heterocycles. The second kappa shape index (κ2) is 4.35. The molecule has 0 aromatic heterocycles. The molecule has 1 N–H and O–H groups in total. The fourth-order valence-electron chi connectivity index (χ4n) is 6.14. The lowest BCUT2D eigenvalue weighted by Crippen LogP contribution is -2.55. The van der Waals surface area contributed by atoms with Crippen molar-refractivity contribution in [3.63, 3.8) is 0 Å². The van der Waals surface area contributed by atoms with Gasteiger partial charge in [0.05, 0.1) is 5.60 Å². The zero-order valence-electron chi connectivity index (χ0n) is 12.8. The second-order valence-electron chi connectivity index (χ2n) is 8.38. The maximum Gasteiger partial charge on any atom is 0.0952 e. The summed E-state index contributed by atoms with van der Waals surface area (Å²) in [7, 11) is 0. The normalized spacial score (nSPS) is 44.8. The Morgan fingerprint density at radius 2 is 1.38 bits per heavy atom. The fourth-order valence-corrected chi connectivity index (χ4v) is 6.14. The second-order valence-corrected chi connectivity index (χ2v) is 8.38. The minimum atomic E-state index is -0.508. The minimum absolute atomic E-state index is 0.508. The third-order valence-corrected chi connectivity index (χ3v) is 7.33. The molecule has 5 aliphatic carbocycles. The molecule has 21 heavy (non-hydrogen) atoms. The average Bonchev–Trinajstić information content (AvgIpc) is 2.43. The molecule has 0 heterocycles. The number of aliphatic hydroxyl groups is 1. The molecule has 5 fully saturated rings. The number of rotatable bonds is 2. The predicted molar refractivity (Wildman–Crippen MR) is 84.0 cm³/mol. The maximum absolute atomic E-state index is 11.6. The highest BCUT2D eigenvalue weighted by atomic mass is 16.3. The van der Waals surface area contributed by atoms with Gasteiger partial charge in [0.1, 0.15) is 0 Å². The van der Waals surface area contributed by atoms with Crippen molar-refractivity contribution >= 4 is 0 Å². The molecule has 1 aromatic rings. The first kappa shape index (κ1) is 12.7. The lowest BCUT2D eigenvalue weighted by atomic mass is 9.48. The molecule has 5 aliphatic rings. The third kappa shape index (κ3) is 1.73. The zero-order chi connectivity index (χ0) is 14.0. The molecule has 6 rings (SSSR count). The van der Waals surface area contributed by atoms with Gasteiger partial charge in [0.15, 0.2) is 0 Å². The van der Waals surface area contributed by atoms with Gasteiger partial charge < -0.3 is 5.11 Å². The SMILES string of the molecule is OC1(c2ccc(C3CCC3)cc2)C2CC3CC(C2)CC1C3. The van der Waals surface area contributed by atoms with E-state index in [4.69, 9.17) is 0 Å². The lowest BCUT2D eigenvalue weighted by molar-refractivity contribution is -0.179. The van der Waals surface area contributed by atoms with Crippen LogP contribution in [0, 0.1) is 23.7 Å². The van der Waals surface area contributed by atoms with Gasteiger partial charge in [-0.3, -0.25) is 0 Å². The molecule has 5 saturated carbocycles. The summed E-state index contributed by atoms with van der Waals surface area (Å²) in [6.07, 6.45) is 10.6. The van der Waals surface area contributed by atoms with Crippen molar-refractivity contribution in [3.8, 4) is 0 Å². The van der Waals surface area contributed by atoms with Crippen LogP contribution < -0.4 is 0 Å². The standard InChI is InChI=1S/C20H26O/c21-20(17-6-4-16(5-7-17)15-2-1-3-15)18-9-13-8-14(11-18)12-19(20)10-13/h4-7,13-15,18-19,21H,1-3,8-12H2. The minimum Gasteiger partial charge on any atom is -0.385 e. The monoisotopic (exact) mass is 282 g/mol. The van der Waals surface area contributed by atoms with Crippen molar-refractivity contribution in [1.82, 2.24) is 0 Å². The highest BCUT2D eigenvalue weighted by Gasteiger charge is 2.57. The highest BCUT2D eigenvalue weighted by Crippen LogP contribution is 2.61. The maximum atomic E-state index is 11.6. The first-order valence-electron chi connectivity index (χ1n) is 9.06. The van der Waals surface area contributed by atoms with E-state index >= 15 is 0 Å². The summed E-state index contributed by atoms with van der Waals surface area (Å²) in [5, 5.41) is 11.6. The number of hydrogen-bond donors (Lipinski definition) is 1. The molecule has 0 saturated heterocycles. The molecule has 0 amide bonds. The van der Waals surface area contributed by atoms with Gasteiger partial charge in [0, 0.05) is 0 Å². The Morgan fingerprint density at radius 3 is 1.86 bits per heavy atom. The number of hydrogen-bond acceptors (Lipinski definition) is 1. The average molecular weight is 282 g/mol.